The third-order valence-electron chi connectivity index (χ3n) is 4.57. The lowest BCUT2D eigenvalue weighted by molar-refractivity contribution is -0.137. The van der Waals surface area contributed by atoms with Gasteiger partial charge in [-0.15, -0.1) is 0 Å². The van der Waals surface area contributed by atoms with Crippen LogP contribution in [0, 0.1) is 0 Å². The Hall–Kier alpha value is -2.87. The summed E-state index contributed by atoms with van der Waals surface area (Å²) in [5.41, 5.74) is 0.243. The van der Waals surface area contributed by atoms with Crippen LogP contribution in [0.15, 0.2) is 48.5 Å². The minimum atomic E-state index is -4.41. The van der Waals surface area contributed by atoms with Gasteiger partial charge in [-0.1, -0.05) is 18.2 Å². The Labute approximate surface area is 160 Å². The molecule has 0 spiro atoms. The Morgan fingerprint density at radius 1 is 1.07 bits per heavy atom. The molecule has 0 amide bonds. The first kappa shape index (κ1) is 18.5. The first-order chi connectivity index (χ1) is 13.5. The number of para-hydroxylation sites is 1. The van der Waals surface area contributed by atoms with E-state index in [-0.39, 0.29) is 17.7 Å². The summed E-state index contributed by atoms with van der Waals surface area (Å²) in [6, 6.07) is 12.5. The van der Waals surface area contributed by atoms with Gasteiger partial charge in [-0.2, -0.15) is 18.2 Å². The summed E-state index contributed by atoms with van der Waals surface area (Å²) in [7, 11) is 0. The van der Waals surface area contributed by atoms with Gasteiger partial charge in [0.2, 0.25) is 5.95 Å². The minimum Gasteiger partial charge on any atom is -0.376 e. The third kappa shape index (κ3) is 4.17. The van der Waals surface area contributed by atoms with Crippen molar-refractivity contribution in [1.29, 1.82) is 0 Å². The van der Waals surface area contributed by atoms with Crippen molar-refractivity contribution in [3.05, 3.63) is 54.1 Å². The van der Waals surface area contributed by atoms with E-state index in [1.165, 1.54) is 6.07 Å². The maximum atomic E-state index is 12.9. The van der Waals surface area contributed by atoms with Crippen LogP contribution in [0.2, 0.25) is 0 Å². The van der Waals surface area contributed by atoms with Crippen LogP contribution in [0.4, 0.5) is 30.6 Å². The molecule has 0 bridgehead atoms. The first-order valence-corrected chi connectivity index (χ1v) is 9.05. The van der Waals surface area contributed by atoms with Gasteiger partial charge in [0.15, 0.2) is 0 Å². The lowest BCUT2D eigenvalue weighted by Gasteiger charge is -2.15. The molecule has 8 heteroatoms. The smallest absolute Gasteiger partial charge is 0.376 e. The highest BCUT2D eigenvalue weighted by molar-refractivity contribution is 5.90. The van der Waals surface area contributed by atoms with E-state index in [0.29, 0.717) is 17.9 Å². The van der Waals surface area contributed by atoms with Gasteiger partial charge in [0.25, 0.3) is 0 Å². The molecule has 2 aromatic carbocycles. The number of aromatic nitrogens is 2. The van der Waals surface area contributed by atoms with E-state index in [4.69, 9.17) is 4.74 Å². The molecule has 2 N–H and O–H groups in total. The molecule has 3 aromatic rings. The van der Waals surface area contributed by atoms with Gasteiger partial charge in [-0.25, -0.2) is 4.98 Å². The second-order valence-corrected chi connectivity index (χ2v) is 6.63. The fourth-order valence-electron chi connectivity index (χ4n) is 3.19. The van der Waals surface area contributed by atoms with Crippen LogP contribution in [0.3, 0.4) is 0 Å². The molecule has 1 aliphatic rings. The summed E-state index contributed by atoms with van der Waals surface area (Å²) in [5.74, 6) is 0.850. The average molecular weight is 388 g/mol. The Morgan fingerprint density at radius 3 is 2.71 bits per heavy atom. The average Bonchev–Trinajstić information content (AvgIpc) is 3.19. The fourth-order valence-corrected chi connectivity index (χ4v) is 3.19. The van der Waals surface area contributed by atoms with Crippen LogP contribution in [-0.2, 0) is 10.9 Å². The maximum Gasteiger partial charge on any atom is 0.416 e. The molecule has 5 nitrogen and oxygen atoms in total. The standard InChI is InChI=1S/C20H19F3N4O/c21-20(22,23)13-5-3-6-14(11-13)25-19-26-17-9-2-1-8-16(17)18(27-19)24-12-15-7-4-10-28-15/h1-3,5-6,8-9,11,15H,4,7,10,12H2,(H2,24,25,26,27). The van der Waals surface area contributed by atoms with E-state index < -0.39 is 11.7 Å². The molecule has 2 heterocycles. The summed E-state index contributed by atoms with van der Waals surface area (Å²) in [6.45, 7) is 1.38. The molecular weight excluding hydrogens is 369 g/mol. The van der Waals surface area contributed by atoms with E-state index in [0.717, 1.165) is 37.0 Å². The normalized spacial score (nSPS) is 17.0. The number of rotatable bonds is 5. The van der Waals surface area contributed by atoms with E-state index in [2.05, 4.69) is 20.6 Å². The summed E-state index contributed by atoms with van der Waals surface area (Å²) in [4.78, 5) is 8.91. The molecule has 28 heavy (non-hydrogen) atoms. The van der Waals surface area contributed by atoms with E-state index in [9.17, 15) is 13.2 Å². The maximum absolute atomic E-state index is 12.9. The zero-order valence-corrected chi connectivity index (χ0v) is 15.0. The number of ether oxygens (including phenoxy) is 1. The zero-order valence-electron chi connectivity index (χ0n) is 15.0. The van der Waals surface area contributed by atoms with Crippen molar-refractivity contribution in [2.75, 3.05) is 23.8 Å². The van der Waals surface area contributed by atoms with E-state index in [1.54, 1.807) is 6.07 Å². The summed E-state index contributed by atoms with van der Waals surface area (Å²) < 4.78 is 44.5. The Balaban J connectivity index is 1.62. The molecule has 1 aliphatic heterocycles. The number of nitrogens with one attached hydrogen (secondary N) is 2. The summed E-state index contributed by atoms with van der Waals surface area (Å²) in [6.07, 6.45) is -2.24. The van der Waals surface area contributed by atoms with Crippen LogP contribution in [0.5, 0.6) is 0 Å². The van der Waals surface area contributed by atoms with Gasteiger partial charge >= 0.3 is 6.18 Å². The van der Waals surface area contributed by atoms with Crippen molar-refractivity contribution in [1.82, 2.24) is 9.97 Å². The van der Waals surface area contributed by atoms with Crippen LogP contribution >= 0.6 is 0 Å². The molecule has 4 rings (SSSR count). The van der Waals surface area contributed by atoms with Gasteiger partial charge in [-0.3, -0.25) is 0 Å². The Kier molecular flexibility index (Phi) is 5.04. The molecule has 1 atom stereocenters. The number of halogens is 3. The highest BCUT2D eigenvalue weighted by Crippen LogP contribution is 2.31. The predicted molar refractivity (Wildman–Crippen MR) is 102 cm³/mol. The van der Waals surface area contributed by atoms with Gasteiger partial charge in [0.05, 0.1) is 17.2 Å². The van der Waals surface area contributed by atoms with Crippen molar-refractivity contribution in [3.63, 3.8) is 0 Å². The monoisotopic (exact) mass is 388 g/mol. The molecule has 0 radical (unpaired) electrons. The van der Waals surface area contributed by atoms with Crippen molar-refractivity contribution in [2.24, 2.45) is 0 Å². The van der Waals surface area contributed by atoms with Crippen LogP contribution < -0.4 is 10.6 Å². The molecular formula is C20H19F3N4O. The molecule has 1 aromatic heterocycles. The topological polar surface area (TPSA) is 59.1 Å². The van der Waals surface area contributed by atoms with Crippen molar-refractivity contribution in [3.8, 4) is 0 Å². The van der Waals surface area contributed by atoms with Gasteiger partial charge in [0.1, 0.15) is 5.82 Å². The Morgan fingerprint density at radius 2 is 1.93 bits per heavy atom. The molecule has 1 fully saturated rings. The van der Waals surface area contributed by atoms with Gasteiger partial charge < -0.3 is 15.4 Å². The number of benzene rings is 2. The number of hydrogen-bond donors (Lipinski definition) is 2. The van der Waals surface area contributed by atoms with Crippen LogP contribution in [-0.4, -0.2) is 29.2 Å². The summed E-state index contributed by atoms with van der Waals surface area (Å²) >= 11 is 0. The number of anilines is 3. The first-order valence-electron chi connectivity index (χ1n) is 9.05. The zero-order chi connectivity index (χ0) is 19.6. The fraction of sp³-hybridized carbons (Fsp3) is 0.300. The predicted octanol–water partition coefficient (Wildman–Crippen LogP) is 4.98. The quantitative estimate of drug-likeness (QED) is 0.645. The molecule has 1 unspecified atom stereocenters. The highest BCUT2D eigenvalue weighted by Gasteiger charge is 2.30. The second kappa shape index (κ2) is 7.63. The van der Waals surface area contributed by atoms with Crippen molar-refractivity contribution >= 4 is 28.4 Å². The van der Waals surface area contributed by atoms with E-state index in [1.807, 2.05) is 24.3 Å². The van der Waals surface area contributed by atoms with Crippen LogP contribution in [0.25, 0.3) is 10.9 Å². The SMILES string of the molecule is FC(F)(F)c1cccc(Nc2nc(NCC3CCCO3)c3ccccc3n2)c1. The second-order valence-electron chi connectivity index (χ2n) is 6.63. The number of nitrogens with zero attached hydrogens (tertiary/aromatic N) is 2. The van der Waals surface area contributed by atoms with Crippen molar-refractivity contribution < 1.29 is 17.9 Å². The molecule has 0 saturated carbocycles. The highest BCUT2D eigenvalue weighted by atomic mass is 19.4. The lowest BCUT2D eigenvalue weighted by atomic mass is 10.2. The van der Waals surface area contributed by atoms with E-state index >= 15 is 0 Å². The van der Waals surface area contributed by atoms with Crippen molar-refractivity contribution in [2.45, 2.75) is 25.1 Å². The lowest BCUT2D eigenvalue weighted by Crippen LogP contribution is -2.19. The molecule has 1 saturated heterocycles. The van der Waals surface area contributed by atoms with Gasteiger partial charge in [-0.05, 0) is 43.2 Å². The van der Waals surface area contributed by atoms with Gasteiger partial charge in [0, 0.05) is 24.2 Å². The number of hydrogen-bond acceptors (Lipinski definition) is 5. The Bertz CT molecular complexity index is 971. The summed E-state index contributed by atoms with van der Waals surface area (Å²) in [5, 5.41) is 7.02. The molecule has 146 valence electrons. The minimum absolute atomic E-state index is 0.133. The number of fused-ring (bicyclic) bond motifs is 1. The largest absolute Gasteiger partial charge is 0.416 e. The molecule has 0 aliphatic carbocycles. The van der Waals surface area contributed by atoms with Crippen LogP contribution in [0.1, 0.15) is 18.4 Å². The number of alkyl halides is 3. The third-order valence-corrected chi connectivity index (χ3v) is 4.57.